The van der Waals surface area contributed by atoms with E-state index in [0.717, 1.165) is 15.6 Å². The molecule has 0 aliphatic heterocycles. The van der Waals surface area contributed by atoms with E-state index in [4.69, 9.17) is 17.3 Å². The van der Waals surface area contributed by atoms with Gasteiger partial charge in [0.1, 0.15) is 0 Å². The standard InChI is InChI=1S/C10H11ClN4S/c11-9-5-7(6-16-9)8-1-3-13-10(15-8)14-4-2-12/h1,3,5-6H,2,4,12H2,(H,13,14,15). The Morgan fingerprint density at radius 2 is 2.38 bits per heavy atom. The highest BCUT2D eigenvalue weighted by Crippen LogP contribution is 2.27. The van der Waals surface area contributed by atoms with E-state index < -0.39 is 0 Å². The second-order valence-corrected chi connectivity index (χ2v) is 4.66. The molecule has 4 nitrogen and oxygen atoms in total. The Hall–Kier alpha value is -1.17. The van der Waals surface area contributed by atoms with Gasteiger partial charge < -0.3 is 11.1 Å². The smallest absolute Gasteiger partial charge is 0.223 e. The number of nitrogens with two attached hydrogens (primary N) is 1. The molecule has 0 amide bonds. The molecule has 0 aromatic carbocycles. The fourth-order valence-electron chi connectivity index (χ4n) is 1.23. The number of rotatable bonds is 4. The summed E-state index contributed by atoms with van der Waals surface area (Å²) in [5.74, 6) is 0.588. The van der Waals surface area contributed by atoms with Crippen LogP contribution in [0.4, 0.5) is 5.95 Å². The van der Waals surface area contributed by atoms with Crippen LogP contribution in [-0.2, 0) is 0 Å². The summed E-state index contributed by atoms with van der Waals surface area (Å²) in [4.78, 5) is 8.47. The highest BCUT2D eigenvalue weighted by atomic mass is 35.5. The lowest BCUT2D eigenvalue weighted by Gasteiger charge is -2.03. The van der Waals surface area contributed by atoms with Gasteiger partial charge in [0, 0.05) is 30.2 Å². The van der Waals surface area contributed by atoms with Gasteiger partial charge in [0.2, 0.25) is 5.95 Å². The summed E-state index contributed by atoms with van der Waals surface area (Å²) in [6.45, 7) is 1.21. The third kappa shape index (κ3) is 2.69. The van der Waals surface area contributed by atoms with Crippen molar-refractivity contribution in [1.82, 2.24) is 9.97 Å². The normalized spacial score (nSPS) is 10.4. The molecule has 0 bridgehead atoms. The van der Waals surface area contributed by atoms with Gasteiger partial charge in [-0.25, -0.2) is 9.97 Å². The second-order valence-electron chi connectivity index (χ2n) is 3.12. The van der Waals surface area contributed by atoms with Gasteiger partial charge in [0.05, 0.1) is 10.0 Å². The predicted octanol–water partition coefficient (Wildman–Crippen LogP) is 2.23. The van der Waals surface area contributed by atoms with Crippen LogP contribution in [0, 0.1) is 0 Å². The van der Waals surface area contributed by atoms with Gasteiger partial charge in [-0.05, 0) is 12.1 Å². The molecular formula is C10H11ClN4S. The van der Waals surface area contributed by atoms with Crippen LogP contribution >= 0.6 is 22.9 Å². The number of nitrogens with one attached hydrogen (secondary N) is 1. The maximum Gasteiger partial charge on any atom is 0.223 e. The molecule has 2 aromatic rings. The summed E-state index contributed by atoms with van der Waals surface area (Å²) in [6, 6.07) is 3.74. The molecule has 2 heterocycles. The highest BCUT2D eigenvalue weighted by molar-refractivity contribution is 7.14. The average Bonchev–Trinajstić information content (AvgIpc) is 2.74. The first kappa shape index (κ1) is 11.3. The molecule has 0 aliphatic carbocycles. The number of hydrogen-bond donors (Lipinski definition) is 2. The van der Waals surface area contributed by atoms with Crippen molar-refractivity contribution in [3.8, 4) is 11.3 Å². The van der Waals surface area contributed by atoms with Crippen molar-refractivity contribution in [2.75, 3.05) is 18.4 Å². The summed E-state index contributed by atoms with van der Waals surface area (Å²) in [5, 5.41) is 5.00. The minimum atomic E-state index is 0.553. The Labute approximate surface area is 102 Å². The van der Waals surface area contributed by atoms with Gasteiger partial charge in [-0.1, -0.05) is 11.6 Å². The summed E-state index contributed by atoms with van der Waals surface area (Å²) >= 11 is 7.36. The minimum Gasteiger partial charge on any atom is -0.353 e. The zero-order valence-corrected chi connectivity index (χ0v) is 10.1. The van der Waals surface area contributed by atoms with Crippen LogP contribution in [0.1, 0.15) is 0 Å². The van der Waals surface area contributed by atoms with Gasteiger partial charge in [-0.3, -0.25) is 0 Å². The fraction of sp³-hybridized carbons (Fsp3) is 0.200. The van der Waals surface area contributed by atoms with Gasteiger partial charge >= 0.3 is 0 Å². The van der Waals surface area contributed by atoms with E-state index in [1.807, 2.05) is 17.5 Å². The van der Waals surface area contributed by atoms with E-state index in [0.29, 0.717) is 19.0 Å². The van der Waals surface area contributed by atoms with Crippen LogP contribution in [0.25, 0.3) is 11.3 Å². The number of halogens is 1. The third-order valence-corrected chi connectivity index (χ3v) is 3.04. The Morgan fingerprint density at radius 3 is 3.06 bits per heavy atom. The first-order valence-corrected chi connectivity index (χ1v) is 6.07. The van der Waals surface area contributed by atoms with Crippen molar-refractivity contribution in [2.45, 2.75) is 0 Å². The van der Waals surface area contributed by atoms with Crippen LogP contribution in [0.2, 0.25) is 4.34 Å². The first-order valence-electron chi connectivity index (χ1n) is 4.81. The molecule has 0 saturated heterocycles. The molecule has 0 spiro atoms. The van der Waals surface area contributed by atoms with Crippen LogP contribution in [0.5, 0.6) is 0 Å². The molecule has 84 valence electrons. The lowest BCUT2D eigenvalue weighted by molar-refractivity contribution is 0.990. The quantitative estimate of drug-likeness (QED) is 0.878. The monoisotopic (exact) mass is 254 g/mol. The van der Waals surface area contributed by atoms with E-state index in [9.17, 15) is 0 Å². The van der Waals surface area contributed by atoms with E-state index in [2.05, 4.69) is 15.3 Å². The fourth-order valence-corrected chi connectivity index (χ4v) is 2.11. The number of aromatic nitrogens is 2. The Morgan fingerprint density at radius 1 is 1.50 bits per heavy atom. The van der Waals surface area contributed by atoms with E-state index >= 15 is 0 Å². The summed E-state index contributed by atoms with van der Waals surface area (Å²) in [5.41, 5.74) is 7.26. The van der Waals surface area contributed by atoms with Crippen molar-refractivity contribution < 1.29 is 0 Å². The molecule has 6 heteroatoms. The molecule has 2 aromatic heterocycles. The van der Waals surface area contributed by atoms with E-state index in [1.54, 1.807) is 6.20 Å². The Kier molecular flexibility index (Phi) is 3.71. The van der Waals surface area contributed by atoms with Crippen molar-refractivity contribution in [3.63, 3.8) is 0 Å². The summed E-state index contributed by atoms with van der Waals surface area (Å²) < 4.78 is 0.755. The van der Waals surface area contributed by atoms with Gasteiger partial charge in [-0.2, -0.15) is 0 Å². The maximum absolute atomic E-state index is 5.88. The Balaban J connectivity index is 2.22. The third-order valence-electron chi connectivity index (χ3n) is 1.95. The predicted molar refractivity (Wildman–Crippen MR) is 67.9 cm³/mol. The molecule has 3 N–H and O–H groups in total. The SMILES string of the molecule is NCCNc1nccc(-c2csc(Cl)c2)n1. The number of anilines is 1. The summed E-state index contributed by atoms with van der Waals surface area (Å²) in [6.07, 6.45) is 1.72. The van der Waals surface area contributed by atoms with Gasteiger partial charge in [0.25, 0.3) is 0 Å². The lowest BCUT2D eigenvalue weighted by Crippen LogP contribution is -2.14. The highest BCUT2D eigenvalue weighted by Gasteiger charge is 2.04. The molecule has 0 radical (unpaired) electrons. The van der Waals surface area contributed by atoms with Crippen LogP contribution < -0.4 is 11.1 Å². The number of hydrogen-bond acceptors (Lipinski definition) is 5. The van der Waals surface area contributed by atoms with E-state index in [-0.39, 0.29) is 0 Å². The van der Waals surface area contributed by atoms with E-state index in [1.165, 1.54) is 11.3 Å². The minimum absolute atomic E-state index is 0.553. The molecule has 0 atom stereocenters. The molecule has 2 rings (SSSR count). The lowest BCUT2D eigenvalue weighted by atomic mass is 10.2. The molecule has 0 fully saturated rings. The zero-order chi connectivity index (χ0) is 11.4. The maximum atomic E-state index is 5.88. The van der Waals surface area contributed by atoms with Crippen LogP contribution in [0.3, 0.4) is 0 Å². The first-order chi connectivity index (χ1) is 7.79. The second kappa shape index (κ2) is 5.25. The van der Waals surface area contributed by atoms with Gasteiger partial charge in [-0.15, -0.1) is 11.3 Å². The molecule has 0 aliphatic rings. The van der Waals surface area contributed by atoms with Crippen LogP contribution in [-0.4, -0.2) is 23.1 Å². The van der Waals surface area contributed by atoms with Crippen molar-refractivity contribution in [2.24, 2.45) is 5.73 Å². The van der Waals surface area contributed by atoms with Crippen LogP contribution in [0.15, 0.2) is 23.7 Å². The van der Waals surface area contributed by atoms with Gasteiger partial charge in [0.15, 0.2) is 0 Å². The number of nitrogens with zero attached hydrogens (tertiary/aromatic N) is 2. The Bertz CT molecular complexity index is 471. The van der Waals surface area contributed by atoms with Crippen molar-refractivity contribution >= 4 is 28.9 Å². The molecule has 0 unspecified atom stereocenters. The largest absolute Gasteiger partial charge is 0.353 e. The molecule has 0 saturated carbocycles. The summed E-state index contributed by atoms with van der Waals surface area (Å²) in [7, 11) is 0. The number of thiophene rings is 1. The topological polar surface area (TPSA) is 63.8 Å². The molecule has 16 heavy (non-hydrogen) atoms. The van der Waals surface area contributed by atoms with Crippen molar-refractivity contribution in [1.29, 1.82) is 0 Å². The molecular weight excluding hydrogens is 244 g/mol. The zero-order valence-electron chi connectivity index (χ0n) is 8.48. The van der Waals surface area contributed by atoms with Crippen molar-refractivity contribution in [3.05, 3.63) is 28.0 Å². The average molecular weight is 255 g/mol.